The van der Waals surface area contributed by atoms with Gasteiger partial charge in [0, 0.05) is 6.54 Å². The van der Waals surface area contributed by atoms with E-state index in [9.17, 15) is 9.59 Å². The highest BCUT2D eigenvalue weighted by Crippen LogP contribution is 2.24. The Kier molecular flexibility index (Phi) is 8.21. The minimum absolute atomic E-state index is 0.0316. The largest absolute Gasteiger partial charge is 0.484 e. The molecule has 0 saturated carbocycles. The molecule has 2 aromatic carbocycles. The first-order valence-corrected chi connectivity index (χ1v) is 9.82. The second-order valence-corrected chi connectivity index (χ2v) is 7.74. The molecule has 0 saturated heterocycles. The third-order valence-electron chi connectivity index (χ3n) is 4.01. The summed E-state index contributed by atoms with van der Waals surface area (Å²) in [6.45, 7) is 6.72. The van der Waals surface area contributed by atoms with Crippen molar-refractivity contribution in [2.45, 2.75) is 39.2 Å². The molecule has 2 aromatic rings. The number of hydrogen-bond acceptors (Lipinski definition) is 5. The summed E-state index contributed by atoms with van der Waals surface area (Å²) in [6.07, 6.45) is 1.75. The number of nitrogens with two attached hydrogens (primary N) is 1. The SMILES string of the molecule is CC(C)(C)OC(=O)c1cccc(-c2ccc(OCC(=O)NCCCCN)cc2)c1. The van der Waals surface area contributed by atoms with Gasteiger partial charge in [-0.2, -0.15) is 0 Å². The lowest BCUT2D eigenvalue weighted by Gasteiger charge is -2.19. The Balaban J connectivity index is 1.94. The van der Waals surface area contributed by atoms with E-state index >= 15 is 0 Å². The number of ether oxygens (including phenoxy) is 2. The quantitative estimate of drug-likeness (QED) is 0.498. The standard InChI is InChI=1S/C23H30N2O4/c1-23(2,3)29-22(27)19-8-6-7-18(15-19)17-9-11-20(12-10-17)28-16-21(26)25-14-5-4-13-24/h6-12,15H,4-5,13-14,16,24H2,1-3H3,(H,25,26). The van der Waals surface area contributed by atoms with Crippen LogP contribution in [-0.2, 0) is 9.53 Å². The van der Waals surface area contributed by atoms with E-state index in [0.717, 1.165) is 24.0 Å². The van der Waals surface area contributed by atoms with Gasteiger partial charge in [0.15, 0.2) is 6.61 Å². The number of nitrogens with one attached hydrogen (secondary N) is 1. The van der Waals surface area contributed by atoms with Crippen LogP contribution in [0.1, 0.15) is 44.0 Å². The van der Waals surface area contributed by atoms with Gasteiger partial charge in [0.1, 0.15) is 11.4 Å². The zero-order chi connectivity index (χ0) is 21.3. The van der Waals surface area contributed by atoms with Gasteiger partial charge >= 0.3 is 5.97 Å². The highest BCUT2D eigenvalue weighted by molar-refractivity contribution is 5.91. The van der Waals surface area contributed by atoms with Crippen LogP contribution >= 0.6 is 0 Å². The molecule has 0 atom stereocenters. The van der Waals surface area contributed by atoms with E-state index in [0.29, 0.717) is 24.4 Å². The topological polar surface area (TPSA) is 90.6 Å². The molecule has 2 rings (SSSR count). The van der Waals surface area contributed by atoms with Crippen LogP contribution in [0.15, 0.2) is 48.5 Å². The van der Waals surface area contributed by atoms with Gasteiger partial charge in [0.25, 0.3) is 5.91 Å². The summed E-state index contributed by atoms with van der Waals surface area (Å²) >= 11 is 0. The van der Waals surface area contributed by atoms with Crippen molar-refractivity contribution in [1.82, 2.24) is 5.32 Å². The lowest BCUT2D eigenvalue weighted by atomic mass is 10.0. The number of rotatable bonds is 9. The Morgan fingerprint density at radius 3 is 2.38 bits per heavy atom. The Bertz CT molecular complexity index is 810. The predicted octanol–water partition coefficient (Wildman–Crippen LogP) is 3.54. The number of benzene rings is 2. The molecule has 6 heteroatoms. The molecule has 29 heavy (non-hydrogen) atoms. The van der Waals surface area contributed by atoms with Gasteiger partial charge in [-0.05, 0) is 75.5 Å². The van der Waals surface area contributed by atoms with E-state index in [2.05, 4.69) is 5.32 Å². The highest BCUT2D eigenvalue weighted by Gasteiger charge is 2.18. The van der Waals surface area contributed by atoms with Gasteiger partial charge in [0.2, 0.25) is 0 Å². The minimum Gasteiger partial charge on any atom is -0.484 e. The molecule has 0 unspecified atom stereocenters. The molecule has 3 N–H and O–H groups in total. The fraction of sp³-hybridized carbons (Fsp3) is 0.391. The van der Waals surface area contributed by atoms with Gasteiger partial charge in [-0.15, -0.1) is 0 Å². The number of esters is 1. The van der Waals surface area contributed by atoms with E-state index in [1.54, 1.807) is 24.3 Å². The Labute approximate surface area is 172 Å². The van der Waals surface area contributed by atoms with Crippen LogP contribution in [0, 0.1) is 0 Å². The molecule has 156 valence electrons. The average Bonchev–Trinajstić information content (AvgIpc) is 2.69. The molecule has 6 nitrogen and oxygen atoms in total. The number of carbonyl (C=O) groups is 2. The summed E-state index contributed by atoms with van der Waals surface area (Å²) in [5, 5.41) is 2.79. The average molecular weight is 399 g/mol. The van der Waals surface area contributed by atoms with Crippen molar-refractivity contribution in [3.63, 3.8) is 0 Å². The maximum Gasteiger partial charge on any atom is 0.338 e. The van der Waals surface area contributed by atoms with Crippen molar-refractivity contribution in [1.29, 1.82) is 0 Å². The molecule has 0 bridgehead atoms. The van der Waals surface area contributed by atoms with Gasteiger partial charge in [-0.3, -0.25) is 4.79 Å². The Morgan fingerprint density at radius 2 is 1.72 bits per heavy atom. The van der Waals surface area contributed by atoms with Crippen LogP contribution in [0.5, 0.6) is 5.75 Å². The van der Waals surface area contributed by atoms with E-state index < -0.39 is 5.60 Å². The molecule has 1 amide bonds. The fourth-order valence-corrected chi connectivity index (χ4v) is 2.60. The van der Waals surface area contributed by atoms with Gasteiger partial charge in [0.05, 0.1) is 5.56 Å². The number of amides is 1. The van der Waals surface area contributed by atoms with Gasteiger partial charge < -0.3 is 20.5 Å². The lowest BCUT2D eigenvalue weighted by Crippen LogP contribution is -2.29. The zero-order valence-electron chi connectivity index (χ0n) is 17.4. The molecular formula is C23H30N2O4. The minimum atomic E-state index is -0.539. The van der Waals surface area contributed by atoms with Crippen molar-refractivity contribution in [3.8, 4) is 16.9 Å². The van der Waals surface area contributed by atoms with E-state index in [1.807, 2.05) is 45.0 Å². The first-order chi connectivity index (χ1) is 13.8. The zero-order valence-corrected chi connectivity index (χ0v) is 17.4. The predicted molar refractivity (Wildman–Crippen MR) is 114 cm³/mol. The maximum atomic E-state index is 12.3. The molecule has 0 aliphatic carbocycles. The monoisotopic (exact) mass is 398 g/mol. The molecule has 0 aromatic heterocycles. The number of unbranched alkanes of at least 4 members (excludes halogenated alkanes) is 1. The number of carbonyl (C=O) groups excluding carboxylic acids is 2. The van der Waals surface area contributed by atoms with Gasteiger partial charge in [-0.1, -0.05) is 24.3 Å². The molecule has 0 aliphatic rings. The van der Waals surface area contributed by atoms with Crippen LogP contribution in [-0.4, -0.2) is 37.2 Å². The summed E-state index contributed by atoms with van der Waals surface area (Å²) in [5.74, 6) is 0.0992. The summed E-state index contributed by atoms with van der Waals surface area (Å²) < 4.78 is 10.9. The van der Waals surface area contributed by atoms with Crippen LogP contribution in [0.4, 0.5) is 0 Å². The van der Waals surface area contributed by atoms with Gasteiger partial charge in [-0.25, -0.2) is 4.79 Å². The Morgan fingerprint density at radius 1 is 1.00 bits per heavy atom. The van der Waals surface area contributed by atoms with Crippen LogP contribution in [0.3, 0.4) is 0 Å². The molecular weight excluding hydrogens is 368 g/mol. The smallest absolute Gasteiger partial charge is 0.338 e. The highest BCUT2D eigenvalue weighted by atomic mass is 16.6. The molecule has 0 spiro atoms. The van der Waals surface area contributed by atoms with Crippen molar-refractivity contribution in [3.05, 3.63) is 54.1 Å². The van der Waals surface area contributed by atoms with Crippen LogP contribution < -0.4 is 15.8 Å². The Hall–Kier alpha value is -2.86. The third kappa shape index (κ3) is 7.95. The van der Waals surface area contributed by atoms with Crippen LogP contribution in [0.2, 0.25) is 0 Å². The third-order valence-corrected chi connectivity index (χ3v) is 4.01. The molecule has 0 heterocycles. The second kappa shape index (κ2) is 10.6. The molecule has 0 aliphatic heterocycles. The lowest BCUT2D eigenvalue weighted by molar-refractivity contribution is -0.123. The summed E-state index contributed by atoms with van der Waals surface area (Å²) in [4.78, 5) is 24.0. The molecule has 0 radical (unpaired) electrons. The fourth-order valence-electron chi connectivity index (χ4n) is 2.60. The summed E-state index contributed by atoms with van der Waals surface area (Å²) in [7, 11) is 0. The van der Waals surface area contributed by atoms with Crippen molar-refractivity contribution in [2.24, 2.45) is 5.73 Å². The van der Waals surface area contributed by atoms with Crippen LogP contribution in [0.25, 0.3) is 11.1 Å². The van der Waals surface area contributed by atoms with E-state index in [1.165, 1.54) is 0 Å². The van der Waals surface area contributed by atoms with E-state index in [4.69, 9.17) is 15.2 Å². The van der Waals surface area contributed by atoms with Crippen molar-refractivity contribution in [2.75, 3.05) is 19.7 Å². The first kappa shape index (κ1) is 22.4. The second-order valence-electron chi connectivity index (χ2n) is 7.74. The number of hydrogen-bond donors (Lipinski definition) is 2. The van der Waals surface area contributed by atoms with Crippen molar-refractivity contribution >= 4 is 11.9 Å². The first-order valence-electron chi connectivity index (χ1n) is 9.82. The summed E-state index contributed by atoms with van der Waals surface area (Å²) in [5.41, 5.74) is 7.23. The molecule has 0 fully saturated rings. The normalized spacial score (nSPS) is 11.0. The maximum absolute atomic E-state index is 12.3. The summed E-state index contributed by atoms with van der Waals surface area (Å²) in [6, 6.07) is 14.7. The van der Waals surface area contributed by atoms with E-state index in [-0.39, 0.29) is 18.5 Å². The van der Waals surface area contributed by atoms with Crippen molar-refractivity contribution < 1.29 is 19.1 Å².